The van der Waals surface area contributed by atoms with Gasteiger partial charge >= 0.3 is 0 Å². The zero-order valence-corrected chi connectivity index (χ0v) is 19.5. The molecule has 174 valence electrons. The highest BCUT2D eigenvalue weighted by Gasteiger charge is 2.16. The van der Waals surface area contributed by atoms with Crippen molar-refractivity contribution >= 4 is 39.4 Å². The quantitative estimate of drug-likeness (QED) is 0.331. The number of hydrogen-bond donors (Lipinski definition) is 4. The van der Waals surface area contributed by atoms with Crippen LogP contribution in [0.1, 0.15) is 20.8 Å². The lowest BCUT2D eigenvalue weighted by Gasteiger charge is -2.27. The number of hydrazine groups is 1. The van der Waals surface area contributed by atoms with E-state index in [4.69, 9.17) is 0 Å². The van der Waals surface area contributed by atoms with Gasteiger partial charge in [0.1, 0.15) is 0 Å². The Morgan fingerprint density at radius 1 is 0.970 bits per heavy atom. The van der Waals surface area contributed by atoms with E-state index in [0.29, 0.717) is 30.0 Å². The average molecular weight is 470 g/mol. The summed E-state index contributed by atoms with van der Waals surface area (Å²) < 4.78 is 27.8. The van der Waals surface area contributed by atoms with Gasteiger partial charge in [0.05, 0.1) is 17.1 Å². The normalized spacial score (nSPS) is 13.8. The van der Waals surface area contributed by atoms with Crippen molar-refractivity contribution in [2.45, 2.75) is 25.7 Å². The Morgan fingerprint density at radius 3 is 2.18 bits per heavy atom. The fraction of sp³-hybridized carbons (Fsp3) is 0.217. The molecule has 1 heterocycles. The highest BCUT2D eigenvalue weighted by atomic mass is 32.2. The summed E-state index contributed by atoms with van der Waals surface area (Å²) in [6.07, 6.45) is 2.47. The molecule has 33 heavy (non-hydrogen) atoms. The second-order valence-electron chi connectivity index (χ2n) is 7.77. The zero-order chi connectivity index (χ0) is 24.0. The van der Waals surface area contributed by atoms with E-state index in [1.54, 1.807) is 36.4 Å². The third kappa shape index (κ3) is 6.36. The Hall–Kier alpha value is -3.79. The molecule has 0 saturated heterocycles. The van der Waals surface area contributed by atoms with Crippen LogP contribution in [0, 0.1) is 0 Å². The van der Waals surface area contributed by atoms with Crippen LogP contribution in [0.25, 0.3) is 0 Å². The fourth-order valence-electron chi connectivity index (χ4n) is 3.33. The molecule has 2 amide bonds. The predicted octanol–water partition coefficient (Wildman–Crippen LogP) is 3.05. The summed E-state index contributed by atoms with van der Waals surface area (Å²) >= 11 is 0. The average Bonchev–Trinajstić information content (AvgIpc) is 2.77. The minimum atomic E-state index is -3.80. The first kappa shape index (κ1) is 23.9. The number of nitrogens with zero attached hydrogens (tertiary/aromatic N) is 1. The largest absolute Gasteiger partial charge is 0.364 e. The van der Waals surface area contributed by atoms with Gasteiger partial charge in [0.25, 0.3) is 10.0 Å². The number of hydrogen-bond acceptors (Lipinski definition) is 6. The van der Waals surface area contributed by atoms with Crippen molar-refractivity contribution in [1.82, 2.24) is 10.3 Å². The van der Waals surface area contributed by atoms with Crippen molar-refractivity contribution in [3.63, 3.8) is 0 Å². The van der Waals surface area contributed by atoms with E-state index in [9.17, 15) is 18.0 Å². The predicted molar refractivity (Wildman–Crippen MR) is 129 cm³/mol. The van der Waals surface area contributed by atoms with Crippen LogP contribution in [-0.2, 0) is 19.6 Å². The minimum absolute atomic E-state index is 0.0659. The van der Waals surface area contributed by atoms with Crippen LogP contribution in [-0.4, -0.2) is 38.7 Å². The summed E-state index contributed by atoms with van der Waals surface area (Å²) in [6, 6.07) is 12.3. The number of anilines is 3. The topological polar surface area (TPSA) is 120 Å². The Balaban J connectivity index is 1.58. The maximum Gasteiger partial charge on any atom is 0.261 e. The second-order valence-corrected chi connectivity index (χ2v) is 9.45. The maximum atomic E-state index is 12.7. The van der Waals surface area contributed by atoms with Crippen LogP contribution in [0.3, 0.4) is 0 Å². The van der Waals surface area contributed by atoms with Crippen LogP contribution < -0.4 is 20.9 Å². The van der Waals surface area contributed by atoms with E-state index in [0.717, 1.165) is 5.57 Å². The Morgan fingerprint density at radius 2 is 1.58 bits per heavy atom. The number of carbonyl (C=O) groups is 2. The first-order valence-electron chi connectivity index (χ1n) is 10.2. The molecule has 1 aliphatic heterocycles. The van der Waals surface area contributed by atoms with Gasteiger partial charge in [-0.15, -0.1) is 0 Å². The van der Waals surface area contributed by atoms with E-state index < -0.39 is 10.0 Å². The van der Waals surface area contributed by atoms with Gasteiger partial charge in [-0.05, 0) is 80.4 Å². The van der Waals surface area contributed by atoms with E-state index in [1.807, 2.05) is 18.0 Å². The number of nitrogens with one attached hydrogen (secondary N) is 4. The molecule has 2 aromatic rings. The first-order chi connectivity index (χ1) is 15.7. The fourth-order valence-corrected chi connectivity index (χ4v) is 4.39. The van der Waals surface area contributed by atoms with Gasteiger partial charge in [0, 0.05) is 24.1 Å². The third-order valence-electron chi connectivity index (χ3n) is 5.26. The van der Waals surface area contributed by atoms with Crippen LogP contribution >= 0.6 is 0 Å². The van der Waals surface area contributed by atoms with Crippen molar-refractivity contribution in [2.75, 3.05) is 28.6 Å². The van der Waals surface area contributed by atoms with Gasteiger partial charge in [-0.1, -0.05) is 5.57 Å². The molecular weight excluding hydrogens is 442 g/mol. The van der Waals surface area contributed by atoms with Gasteiger partial charge in [0.15, 0.2) is 0 Å². The van der Waals surface area contributed by atoms with E-state index in [2.05, 4.69) is 34.7 Å². The molecule has 0 atom stereocenters. The van der Waals surface area contributed by atoms with E-state index >= 15 is 0 Å². The van der Waals surface area contributed by atoms with Crippen LogP contribution in [0.2, 0.25) is 0 Å². The summed E-state index contributed by atoms with van der Waals surface area (Å²) in [6.45, 7) is 7.05. The molecule has 3 rings (SSSR count). The lowest BCUT2D eigenvalue weighted by atomic mass is 10.0. The highest BCUT2D eigenvalue weighted by molar-refractivity contribution is 7.92. The van der Waals surface area contributed by atoms with Crippen LogP contribution in [0.5, 0.6) is 0 Å². The van der Waals surface area contributed by atoms with Crippen molar-refractivity contribution in [1.29, 1.82) is 0 Å². The smallest absolute Gasteiger partial charge is 0.261 e. The number of sulfonamides is 1. The van der Waals surface area contributed by atoms with Crippen molar-refractivity contribution in [2.24, 2.45) is 0 Å². The molecule has 1 aliphatic rings. The summed E-state index contributed by atoms with van der Waals surface area (Å²) in [5, 5.41) is 2.80. The lowest BCUT2D eigenvalue weighted by Crippen LogP contribution is -2.32. The number of carbonyl (C=O) groups excluding carboxylic acids is 2. The molecule has 0 aromatic heterocycles. The monoisotopic (exact) mass is 469 g/mol. The molecule has 10 heteroatoms. The molecule has 9 nitrogen and oxygen atoms in total. The lowest BCUT2D eigenvalue weighted by molar-refractivity contribution is -0.116. The van der Waals surface area contributed by atoms with Crippen LogP contribution in [0.4, 0.5) is 17.1 Å². The number of benzene rings is 2. The Labute approximate surface area is 193 Å². The van der Waals surface area contributed by atoms with Crippen molar-refractivity contribution < 1.29 is 18.0 Å². The van der Waals surface area contributed by atoms with Crippen molar-refractivity contribution in [3.8, 4) is 0 Å². The van der Waals surface area contributed by atoms with Gasteiger partial charge in [0.2, 0.25) is 12.3 Å². The maximum absolute atomic E-state index is 12.7. The molecule has 4 N–H and O–H groups in total. The molecule has 0 spiro atoms. The molecule has 0 radical (unpaired) electrons. The molecule has 0 saturated carbocycles. The number of rotatable bonds is 9. The van der Waals surface area contributed by atoms with E-state index in [-0.39, 0.29) is 17.3 Å². The third-order valence-corrected chi connectivity index (χ3v) is 6.65. The molecule has 0 aliphatic carbocycles. The Kier molecular flexibility index (Phi) is 7.39. The summed E-state index contributed by atoms with van der Waals surface area (Å²) in [7, 11) is -3.80. The van der Waals surface area contributed by atoms with Gasteiger partial charge in [-0.25, -0.2) is 8.42 Å². The standard InChI is InChI=1S/C23H27N5O4S/c1-16-12-28(13-17(2)18(16)3)14-23(30)25-19-8-10-22(11-9-19)33(31,32)27-21-6-4-20(5-7-21)26-24-15-29/h4-12,15,26-27H,13-14H2,1-3H3,(H,24,29)(H,25,30). The van der Waals surface area contributed by atoms with Gasteiger partial charge < -0.3 is 10.2 Å². The van der Waals surface area contributed by atoms with Crippen molar-refractivity contribution in [3.05, 3.63) is 71.5 Å². The number of amides is 2. The molecule has 0 fully saturated rings. The molecular formula is C23H27N5O4S. The summed E-state index contributed by atoms with van der Waals surface area (Å²) in [5.41, 5.74) is 10.0. The SMILES string of the molecule is CC1=CN(CC(=O)Nc2ccc(S(=O)(=O)Nc3ccc(NNC=O)cc3)cc2)CC(C)=C1C. The summed E-state index contributed by atoms with van der Waals surface area (Å²) in [4.78, 5) is 24.8. The minimum Gasteiger partial charge on any atom is -0.364 e. The van der Waals surface area contributed by atoms with E-state index in [1.165, 1.54) is 23.3 Å². The Bertz CT molecular complexity index is 1190. The zero-order valence-electron chi connectivity index (χ0n) is 18.7. The first-order valence-corrected chi connectivity index (χ1v) is 11.7. The molecule has 0 unspecified atom stereocenters. The summed E-state index contributed by atoms with van der Waals surface area (Å²) in [5.74, 6) is -0.182. The highest BCUT2D eigenvalue weighted by Crippen LogP contribution is 2.22. The van der Waals surface area contributed by atoms with Gasteiger partial charge in [-0.3, -0.25) is 25.2 Å². The number of allylic oxidation sites excluding steroid dienone is 2. The van der Waals surface area contributed by atoms with Gasteiger partial charge in [-0.2, -0.15) is 0 Å². The second kappa shape index (κ2) is 10.2. The van der Waals surface area contributed by atoms with Crippen LogP contribution in [0.15, 0.2) is 76.3 Å². The molecule has 2 aromatic carbocycles. The molecule has 0 bridgehead atoms.